The van der Waals surface area contributed by atoms with E-state index in [2.05, 4.69) is 0 Å². The Bertz CT molecular complexity index is 535. The average molecular weight is 347 g/mol. The quantitative estimate of drug-likeness (QED) is 0.494. The summed E-state index contributed by atoms with van der Waals surface area (Å²) in [6.07, 6.45) is 0. The van der Waals surface area contributed by atoms with Gasteiger partial charge in [-0.2, -0.15) is 6.67 Å². The van der Waals surface area contributed by atoms with E-state index >= 15 is 0 Å². The smallest absolute Gasteiger partial charge is 0.498 e. The first-order valence-electron chi connectivity index (χ1n) is 5.56. The van der Waals surface area contributed by atoms with Crippen molar-refractivity contribution in [1.29, 1.82) is 0 Å². The number of nitrogens with zero attached hydrogens (tertiary/aromatic N) is 4. The average Bonchev–Trinajstić information content (AvgIpc) is 2.61. The molecule has 1 aromatic heterocycles. The van der Waals surface area contributed by atoms with Crippen molar-refractivity contribution in [3.63, 3.8) is 0 Å². The molecule has 18 heavy (non-hydrogen) atoms. The third-order valence-electron chi connectivity index (χ3n) is 2.64. The van der Waals surface area contributed by atoms with E-state index in [4.69, 9.17) is 0 Å². The number of rotatable bonds is 0. The molecular formula is C11H19AgN4O2. The zero-order valence-electron chi connectivity index (χ0n) is 11.5. The molecule has 0 N–H and O–H groups in total. The second-order valence-electron chi connectivity index (χ2n) is 3.72. The molecular weight excluding hydrogens is 328 g/mol. The van der Waals surface area contributed by atoms with Crippen molar-refractivity contribution in [1.82, 2.24) is 9.13 Å². The molecule has 0 aromatic carbocycles. The Balaban J connectivity index is 0.000000917. The second-order valence-corrected chi connectivity index (χ2v) is 3.72. The molecule has 2 heterocycles. The fourth-order valence-corrected chi connectivity index (χ4v) is 1.90. The van der Waals surface area contributed by atoms with Crippen LogP contribution in [0.15, 0.2) is 9.59 Å². The third kappa shape index (κ3) is 2.41. The summed E-state index contributed by atoms with van der Waals surface area (Å²) in [4.78, 5) is 27.0. The fraction of sp³-hybridized carbons (Fsp3) is 0.545. The van der Waals surface area contributed by atoms with E-state index in [1.54, 1.807) is 37.6 Å². The van der Waals surface area contributed by atoms with Gasteiger partial charge in [-0.3, -0.25) is 13.9 Å². The number of anilines is 2. The second kappa shape index (κ2) is 6.26. The summed E-state index contributed by atoms with van der Waals surface area (Å²) in [5.74, 6) is 0.630. The zero-order valence-corrected chi connectivity index (χ0v) is 13.0. The van der Waals surface area contributed by atoms with Crippen molar-refractivity contribution in [3.8, 4) is 0 Å². The van der Waals surface area contributed by atoms with Gasteiger partial charge in [-0.25, -0.2) is 4.79 Å². The topological polar surface area (TPSA) is 50.5 Å². The molecule has 0 saturated carbocycles. The number of fused-ring (bicyclic) bond motifs is 1. The minimum absolute atomic E-state index is 0. The van der Waals surface area contributed by atoms with Gasteiger partial charge in [-0.15, -0.1) is 0 Å². The molecule has 0 unspecified atom stereocenters. The molecule has 1 aliphatic heterocycles. The molecule has 1 aliphatic rings. The molecule has 0 saturated heterocycles. The Labute approximate surface area is 122 Å². The predicted octanol–water partition coefficient (Wildman–Crippen LogP) is 0.113. The van der Waals surface area contributed by atoms with Crippen LogP contribution in [0, 0.1) is 6.67 Å². The van der Waals surface area contributed by atoms with Gasteiger partial charge >= 0.3 is 28.1 Å². The van der Waals surface area contributed by atoms with Crippen molar-refractivity contribution in [3.05, 3.63) is 27.5 Å². The van der Waals surface area contributed by atoms with Crippen LogP contribution in [0.25, 0.3) is 0 Å². The van der Waals surface area contributed by atoms with Crippen LogP contribution in [-0.4, -0.2) is 23.2 Å². The first kappa shape index (κ1) is 17.0. The molecule has 106 valence electrons. The molecule has 0 radical (unpaired) electrons. The summed E-state index contributed by atoms with van der Waals surface area (Å²) in [6.45, 7) is 5.77. The van der Waals surface area contributed by atoms with Gasteiger partial charge in [0.1, 0.15) is 11.5 Å². The molecule has 6 nitrogen and oxygen atoms in total. The molecule has 0 amide bonds. The largest absolute Gasteiger partial charge is 1.00 e. The van der Waals surface area contributed by atoms with Crippen molar-refractivity contribution >= 4 is 11.5 Å². The van der Waals surface area contributed by atoms with Crippen LogP contribution in [0.1, 0.15) is 13.8 Å². The number of hydrogen-bond donors (Lipinski definition) is 0. The molecule has 7 heteroatoms. The first-order valence-corrected chi connectivity index (χ1v) is 5.56. The van der Waals surface area contributed by atoms with Gasteiger partial charge in [0.2, 0.25) is 0 Å². The standard InChI is InChI=1S/C9H13N4O2.C2H6.Ag/c1-10-5-11(2)7-6(10)8(14)13(4)9(15)12(7)3;1-2;/h5H,1-4H3;1-2H3;/q-1;;+1. The van der Waals surface area contributed by atoms with Crippen molar-refractivity contribution < 1.29 is 22.4 Å². The Morgan fingerprint density at radius 3 is 1.89 bits per heavy atom. The molecule has 0 fully saturated rings. The van der Waals surface area contributed by atoms with Crippen LogP contribution < -0.4 is 21.0 Å². The van der Waals surface area contributed by atoms with Gasteiger partial charge in [0.25, 0.3) is 5.56 Å². The first-order chi connectivity index (χ1) is 7.95. The SMILES string of the molecule is CC.CN1[CH-]N(C)c2c1c(=O)n(C)c(=O)n2C.[Ag+]. The molecule has 0 atom stereocenters. The van der Waals surface area contributed by atoms with E-state index in [-0.39, 0.29) is 33.6 Å². The fourth-order valence-electron chi connectivity index (χ4n) is 1.90. The summed E-state index contributed by atoms with van der Waals surface area (Å²) in [5, 5.41) is 0. The van der Waals surface area contributed by atoms with Crippen LogP contribution in [0.5, 0.6) is 0 Å². The molecule has 0 spiro atoms. The van der Waals surface area contributed by atoms with Gasteiger partial charge < -0.3 is 9.80 Å². The summed E-state index contributed by atoms with van der Waals surface area (Å²) in [7, 11) is 6.73. The monoisotopic (exact) mass is 346 g/mol. The molecule has 0 bridgehead atoms. The van der Waals surface area contributed by atoms with Crippen molar-refractivity contribution in [2.24, 2.45) is 14.1 Å². The van der Waals surface area contributed by atoms with Gasteiger partial charge in [-0.1, -0.05) is 13.8 Å². The maximum Gasteiger partial charge on any atom is 1.00 e. The zero-order chi connectivity index (χ0) is 13.3. The Hall–Kier alpha value is -0.980. The van der Waals surface area contributed by atoms with Crippen LogP contribution in [-0.2, 0) is 36.5 Å². The summed E-state index contributed by atoms with van der Waals surface area (Å²) in [5.41, 5.74) is -0.0485. The van der Waals surface area contributed by atoms with Crippen LogP contribution in [0.4, 0.5) is 11.5 Å². The number of hydrogen-bond acceptors (Lipinski definition) is 4. The normalized spacial score (nSPS) is 12.6. The molecule has 1 aromatic rings. The van der Waals surface area contributed by atoms with Gasteiger partial charge in [0.15, 0.2) is 0 Å². The van der Waals surface area contributed by atoms with Gasteiger partial charge in [-0.05, 0) is 14.1 Å². The van der Waals surface area contributed by atoms with Gasteiger partial charge in [0.05, 0.1) is 0 Å². The van der Waals surface area contributed by atoms with Gasteiger partial charge in [0, 0.05) is 14.1 Å². The Kier molecular flexibility index (Phi) is 5.92. The van der Waals surface area contributed by atoms with E-state index < -0.39 is 0 Å². The Morgan fingerprint density at radius 2 is 1.39 bits per heavy atom. The molecule has 2 rings (SSSR count). The third-order valence-corrected chi connectivity index (χ3v) is 2.64. The number of aromatic nitrogens is 2. The Morgan fingerprint density at radius 1 is 0.889 bits per heavy atom. The van der Waals surface area contributed by atoms with E-state index in [0.717, 1.165) is 4.57 Å². The van der Waals surface area contributed by atoms with E-state index in [9.17, 15) is 9.59 Å². The van der Waals surface area contributed by atoms with Crippen molar-refractivity contribution in [2.45, 2.75) is 13.8 Å². The van der Waals surface area contributed by atoms with E-state index in [1.165, 1.54) is 11.6 Å². The van der Waals surface area contributed by atoms with Crippen LogP contribution >= 0.6 is 0 Å². The molecule has 0 aliphatic carbocycles. The van der Waals surface area contributed by atoms with E-state index in [0.29, 0.717) is 11.5 Å². The maximum atomic E-state index is 11.9. The van der Waals surface area contributed by atoms with Crippen LogP contribution in [0.3, 0.4) is 0 Å². The maximum absolute atomic E-state index is 11.9. The van der Waals surface area contributed by atoms with E-state index in [1.807, 2.05) is 13.8 Å². The van der Waals surface area contributed by atoms with Crippen molar-refractivity contribution in [2.75, 3.05) is 23.9 Å². The minimum atomic E-state index is -0.311. The minimum Gasteiger partial charge on any atom is -0.498 e. The summed E-state index contributed by atoms with van der Waals surface area (Å²) >= 11 is 0. The van der Waals surface area contributed by atoms with Crippen LogP contribution in [0.2, 0.25) is 0 Å². The summed E-state index contributed by atoms with van der Waals surface area (Å²) in [6, 6.07) is 0. The summed E-state index contributed by atoms with van der Waals surface area (Å²) < 4.78 is 2.58. The predicted molar refractivity (Wildman–Crippen MR) is 69.4 cm³/mol.